The van der Waals surface area contributed by atoms with Crippen LogP contribution in [0.1, 0.15) is 43.7 Å². The second kappa shape index (κ2) is 6.68. The molecule has 0 aliphatic heterocycles. The van der Waals surface area contributed by atoms with Gasteiger partial charge in [-0.05, 0) is 19.3 Å². The lowest BCUT2D eigenvalue weighted by Gasteiger charge is -2.34. The highest BCUT2D eigenvalue weighted by molar-refractivity contribution is 7.15. The molecule has 5 heteroatoms. The Morgan fingerprint density at radius 1 is 1.47 bits per heavy atom. The second-order valence-electron chi connectivity index (χ2n) is 5.53. The van der Waals surface area contributed by atoms with Crippen molar-refractivity contribution < 1.29 is 4.74 Å². The molecule has 0 saturated heterocycles. The molecule has 108 valence electrons. The van der Waals surface area contributed by atoms with Crippen LogP contribution in [-0.4, -0.2) is 31.2 Å². The van der Waals surface area contributed by atoms with E-state index in [1.54, 1.807) is 18.4 Å². The predicted octanol–water partition coefficient (Wildman–Crippen LogP) is 2.78. The molecule has 0 radical (unpaired) electrons. The Bertz CT molecular complexity index is 401. The number of nitrogens with one attached hydrogen (secondary N) is 1. The molecule has 0 unspecified atom stereocenters. The minimum Gasteiger partial charge on any atom is -0.378 e. The molecule has 0 spiro atoms. The van der Waals surface area contributed by atoms with E-state index in [2.05, 4.69) is 31.1 Å². The smallest absolute Gasteiger partial charge is 0.185 e. The molecule has 1 aliphatic carbocycles. The van der Waals surface area contributed by atoms with Crippen LogP contribution in [0.3, 0.4) is 0 Å². The summed E-state index contributed by atoms with van der Waals surface area (Å²) in [7, 11) is 3.90. The molecule has 1 heterocycles. The van der Waals surface area contributed by atoms with Crippen molar-refractivity contribution in [3.05, 3.63) is 10.6 Å². The third-order valence-corrected chi connectivity index (χ3v) is 4.83. The summed E-state index contributed by atoms with van der Waals surface area (Å²) in [5, 5.41) is 4.60. The molecule has 0 atom stereocenters. The van der Waals surface area contributed by atoms with Crippen LogP contribution in [0.5, 0.6) is 0 Å². The Morgan fingerprint density at radius 2 is 2.21 bits per heavy atom. The van der Waals surface area contributed by atoms with Crippen molar-refractivity contribution in [1.29, 1.82) is 0 Å². The number of hydrogen-bond donors (Lipinski definition) is 1. The number of rotatable bonds is 7. The highest BCUT2D eigenvalue weighted by atomic mass is 32.1. The maximum Gasteiger partial charge on any atom is 0.185 e. The maximum atomic E-state index is 5.27. The van der Waals surface area contributed by atoms with Crippen molar-refractivity contribution in [2.45, 2.75) is 58.3 Å². The summed E-state index contributed by atoms with van der Waals surface area (Å²) in [6.45, 7) is 5.81. The number of thiazole rings is 1. The van der Waals surface area contributed by atoms with E-state index in [9.17, 15) is 0 Å². The molecule has 1 fully saturated rings. The fraction of sp³-hybridized carbons (Fsp3) is 0.786. The van der Waals surface area contributed by atoms with E-state index in [1.165, 1.54) is 24.1 Å². The van der Waals surface area contributed by atoms with Crippen LogP contribution < -0.4 is 10.2 Å². The zero-order valence-electron chi connectivity index (χ0n) is 12.4. The Morgan fingerprint density at radius 3 is 2.74 bits per heavy atom. The van der Waals surface area contributed by atoms with Crippen LogP contribution in [0.15, 0.2) is 0 Å². The first kappa shape index (κ1) is 14.8. The van der Waals surface area contributed by atoms with Crippen molar-refractivity contribution >= 4 is 16.5 Å². The first-order chi connectivity index (χ1) is 9.11. The van der Waals surface area contributed by atoms with E-state index in [1.807, 2.05) is 0 Å². The van der Waals surface area contributed by atoms with Crippen LogP contribution in [0.25, 0.3) is 0 Å². The Labute approximate surface area is 120 Å². The van der Waals surface area contributed by atoms with E-state index in [0.717, 1.165) is 17.4 Å². The van der Waals surface area contributed by atoms with Crippen molar-refractivity contribution in [3.63, 3.8) is 0 Å². The number of aromatic nitrogens is 1. The van der Waals surface area contributed by atoms with Crippen molar-refractivity contribution in [3.8, 4) is 0 Å². The van der Waals surface area contributed by atoms with Gasteiger partial charge < -0.3 is 15.0 Å². The highest BCUT2D eigenvalue weighted by Crippen LogP contribution is 2.32. The number of methoxy groups -OCH3 is 1. The predicted molar refractivity (Wildman–Crippen MR) is 80.8 cm³/mol. The van der Waals surface area contributed by atoms with Gasteiger partial charge in [0.25, 0.3) is 0 Å². The molecule has 4 nitrogen and oxygen atoms in total. The SMILES string of the molecule is COCc1nc(N(C)C2CCC2)sc1CNC(C)C. The maximum absolute atomic E-state index is 5.27. The minimum absolute atomic E-state index is 0.491. The Kier molecular flexibility index (Phi) is 5.19. The lowest BCUT2D eigenvalue weighted by molar-refractivity contribution is 0.181. The monoisotopic (exact) mass is 283 g/mol. The second-order valence-corrected chi connectivity index (χ2v) is 6.59. The van der Waals surface area contributed by atoms with Crippen molar-refractivity contribution in [1.82, 2.24) is 10.3 Å². The summed E-state index contributed by atoms with van der Waals surface area (Å²) in [4.78, 5) is 8.40. The average molecular weight is 283 g/mol. The average Bonchev–Trinajstić information content (AvgIpc) is 2.68. The largest absolute Gasteiger partial charge is 0.378 e. The van der Waals surface area contributed by atoms with Crippen molar-refractivity contribution in [2.75, 3.05) is 19.1 Å². The third kappa shape index (κ3) is 3.68. The van der Waals surface area contributed by atoms with Crippen LogP contribution in [-0.2, 0) is 17.9 Å². The lowest BCUT2D eigenvalue weighted by Crippen LogP contribution is -2.37. The summed E-state index contributed by atoms with van der Waals surface area (Å²) < 4.78 is 5.27. The van der Waals surface area contributed by atoms with Crippen molar-refractivity contribution in [2.24, 2.45) is 0 Å². The van der Waals surface area contributed by atoms with Gasteiger partial charge in [0.2, 0.25) is 0 Å². The first-order valence-corrected chi connectivity index (χ1v) is 7.87. The van der Waals surface area contributed by atoms with Gasteiger partial charge in [-0.25, -0.2) is 4.98 Å². The highest BCUT2D eigenvalue weighted by Gasteiger charge is 2.25. The number of anilines is 1. The standard InChI is InChI=1S/C14H25N3OS/c1-10(2)15-8-13-12(9-18-4)16-14(19-13)17(3)11-6-5-7-11/h10-11,15H,5-9H2,1-4H3. The van der Waals surface area contributed by atoms with Crippen LogP contribution >= 0.6 is 11.3 Å². The van der Waals surface area contributed by atoms with Gasteiger partial charge in [-0.15, -0.1) is 11.3 Å². The summed E-state index contributed by atoms with van der Waals surface area (Å²) in [6, 6.07) is 1.18. The first-order valence-electron chi connectivity index (χ1n) is 7.05. The normalized spacial score (nSPS) is 15.8. The van der Waals surface area contributed by atoms with E-state index >= 15 is 0 Å². The quantitative estimate of drug-likeness (QED) is 0.835. The fourth-order valence-corrected chi connectivity index (χ4v) is 3.18. The molecule has 19 heavy (non-hydrogen) atoms. The van der Waals surface area contributed by atoms with Crippen LogP contribution in [0, 0.1) is 0 Å². The molecule has 2 rings (SSSR count). The van der Waals surface area contributed by atoms with Gasteiger partial charge in [-0.1, -0.05) is 13.8 Å². The van der Waals surface area contributed by atoms with Gasteiger partial charge in [0.1, 0.15) is 0 Å². The van der Waals surface area contributed by atoms with E-state index < -0.39 is 0 Å². The molecule has 0 amide bonds. The lowest BCUT2D eigenvalue weighted by atomic mass is 9.92. The van der Waals surface area contributed by atoms with Crippen LogP contribution in [0.4, 0.5) is 5.13 Å². The number of hydrogen-bond acceptors (Lipinski definition) is 5. The van der Waals surface area contributed by atoms with Gasteiger partial charge in [-0.2, -0.15) is 0 Å². The van der Waals surface area contributed by atoms with Gasteiger partial charge in [0, 0.05) is 37.7 Å². The summed E-state index contributed by atoms with van der Waals surface area (Å²) in [6.07, 6.45) is 3.96. The van der Waals surface area contributed by atoms with Gasteiger partial charge in [0.15, 0.2) is 5.13 Å². The molecule has 1 N–H and O–H groups in total. The molecule has 1 aromatic rings. The summed E-state index contributed by atoms with van der Waals surface area (Å²) >= 11 is 1.80. The fourth-order valence-electron chi connectivity index (χ4n) is 2.14. The number of nitrogens with zero attached hydrogens (tertiary/aromatic N) is 2. The summed E-state index contributed by atoms with van der Waals surface area (Å²) in [5.41, 5.74) is 1.09. The molecule has 0 bridgehead atoms. The minimum atomic E-state index is 0.491. The van der Waals surface area contributed by atoms with Gasteiger partial charge in [-0.3, -0.25) is 0 Å². The molecule has 0 aromatic carbocycles. The topological polar surface area (TPSA) is 37.4 Å². The van der Waals surface area contributed by atoms with Gasteiger partial charge >= 0.3 is 0 Å². The molecular weight excluding hydrogens is 258 g/mol. The van der Waals surface area contributed by atoms with Crippen LogP contribution in [0.2, 0.25) is 0 Å². The third-order valence-electron chi connectivity index (χ3n) is 3.64. The number of ether oxygens (including phenoxy) is 1. The van der Waals surface area contributed by atoms with E-state index in [4.69, 9.17) is 9.72 Å². The van der Waals surface area contributed by atoms with E-state index in [0.29, 0.717) is 18.7 Å². The van der Waals surface area contributed by atoms with Gasteiger partial charge in [0.05, 0.1) is 12.3 Å². The summed E-state index contributed by atoms with van der Waals surface area (Å²) in [5.74, 6) is 0. The Balaban J connectivity index is 2.08. The molecule has 1 aromatic heterocycles. The molecule has 1 saturated carbocycles. The zero-order chi connectivity index (χ0) is 13.8. The van der Waals surface area contributed by atoms with E-state index in [-0.39, 0.29) is 0 Å². The zero-order valence-corrected chi connectivity index (χ0v) is 13.2. The molecule has 1 aliphatic rings. The Hall–Kier alpha value is -0.650. The molecular formula is C14H25N3OS.